The van der Waals surface area contributed by atoms with Gasteiger partial charge in [0.2, 0.25) is 5.91 Å². The van der Waals surface area contributed by atoms with Crippen LogP contribution in [0.5, 0.6) is 0 Å². The van der Waals surface area contributed by atoms with Crippen LogP contribution in [-0.2, 0) is 27.9 Å². The predicted molar refractivity (Wildman–Crippen MR) is 362 cm³/mol. The summed E-state index contributed by atoms with van der Waals surface area (Å²) in [4.78, 5) is 40.2. The molecule has 0 aromatic carbocycles. The first-order chi connectivity index (χ1) is 40.9. The number of rotatable bonds is 66. The number of esters is 1. The van der Waals surface area contributed by atoms with Crippen molar-refractivity contribution in [1.29, 1.82) is 0 Å². The van der Waals surface area contributed by atoms with E-state index in [1.807, 2.05) is 33.3 Å². The Bertz CT molecular complexity index is 1620. The zero-order valence-electron chi connectivity index (χ0n) is 56.4. The second-order valence-corrected chi connectivity index (χ2v) is 27.1. The van der Waals surface area contributed by atoms with Gasteiger partial charge in [-0.05, 0) is 96.0 Å². The summed E-state index contributed by atoms with van der Waals surface area (Å²) in [6.45, 7) is 6.85. The van der Waals surface area contributed by atoms with Crippen LogP contribution in [0.15, 0.2) is 60.8 Å². The molecule has 3 atom stereocenters. The van der Waals surface area contributed by atoms with Gasteiger partial charge in [-0.2, -0.15) is 0 Å². The smallest absolute Gasteiger partial charge is 0.306 e. The standard InChI is InChI=1S/C74H139N2O7P/c1-7-10-13-16-19-22-25-28-30-32-34-36-37-38-39-41-43-45-47-49-52-55-58-61-64-67-74(78)83-72(65-62-59-56-53-50-27-24-21-18-15-12-9-3)71(70-82-84(79,80)81-69-68-76(4,5)6)75-73(77)66-63-60-57-54-51-48-46-44-42-40-35-33-31-29-26-23-20-17-14-11-8-2/h20,23,28-31,35,40,62,65,71-72H,7-19,21-22,24-27,32-34,36-39,41-61,63-64,66-70H2,1-6H3,(H-,75,77,79,80)/b23-20-,30-28+,31-29-,40-35-,65-62+. The molecule has 84 heavy (non-hydrogen) atoms. The maximum Gasteiger partial charge on any atom is 0.306 e. The van der Waals surface area contributed by atoms with E-state index >= 15 is 0 Å². The molecular weight excluding hydrogens is 1060 g/mol. The summed E-state index contributed by atoms with van der Waals surface area (Å²) in [5, 5.41) is 3.04. The molecule has 492 valence electrons. The van der Waals surface area contributed by atoms with Crippen LogP contribution in [0.1, 0.15) is 348 Å². The van der Waals surface area contributed by atoms with Crippen molar-refractivity contribution in [3.63, 3.8) is 0 Å². The molecule has 0 saturated carbocycles. The van der Waals surface area contributed by atoms with E-state index in [2.05, 4.69) is 74.7 Å². The van der Waals surface area contributed by atoms with Gasteiger partial charge in [-0.15, -0.1) is 0 Å². The van der Waals surface area contributed by atoms with Gasteiger partial charge in [0.05, 0.1) is 33.8 Å². The van der Waals surface area contributed by atoms with Crippen molar-refractivity contribution in [1.82, 2.24) is 5.32 Å². The van der Waals surface area contributed by atoms with Gasteiger partial charge in [-0.25, -0.2) is 0 Å². The van der Waals surface area contributed by atoms with Gasteiger partial charge in [-0.1, -0.05) is 300 Å². The molecule has 0 heterocycles. The highest BCUT2D eigenvalue weighted by Crippen LogP contribution is 2.38. The molecule has 0 aromatic heterocycles. The number of hydrogen-bond acceptors (Lipinski definition) is 7. The molecule has 0 spiro atoms. The van der Waals surface area contributed by atoms with Gasteiger partial charge >= 0.3 is 5.97 Å². The first-order valence-corrected chi connectivity index (χ1v) is 37.6. The van der Waals surface area contributed by atoms with E-state index in [1.54, 1.807) is 0 Å². The second-order valence-electron chi connectivity index (χ2n) is 25.7. The van der Waals surface area contributed by atoms with Crippen molar-refractivity contribution < 1.29 is 37.3 Å². The van der Waals surface area contributed by atoms with Crippen LogP contribution in [-0.4, -0.2) is 69.4 Å². The summed E-state index contributed by atoms with van der Waals surface area (Å²) in [7, 11) is 1.19. The zero-order valence-corrected chi connectivity index (χ0v) is 57.3. The first-order valence-electron chi connectivity index (χ1n) is 36.1. The van der Waals surface area contributed by atoms with Crippen LogP contribution < -0.4 is 10.2 Å². The Kier molecular flexibility index (Phi) is 62.0. The van der Waals surface area contributed by atoms with Gasteiger partial charge in [0, 0.05) is 12.8 Å². The van der Waals surface area contributed by atoms with Crippen molar-refractivity contribution in [2.45, 2.75) is 360 Å². The minimum Gasteiger partial charge on any atom is -0.756 e. The largest absolute Gasteiger partial charge is 0.756 e. The topological polar surface area (TPSA) is 114 Å². The lowest BCUT2D eigenvalue weighted by molar-refractivity contribution is -0.870. The number of nitrogens with one attached hydrogen (secondary N) is 1. The van der Waals surface area contributed by atoms with E-state index in [0.29, 0.717) is 17.4 Å². The number of phosphoric ester groups is 1. The van der Waals surface area contributed by atoms with Gasteiger partial charge in [0.15, 0.2) is 0 Å². The summed E-state index contributed by atoms with van der Waals surface area (Å²) in [5.41, 5.74) is 0. The maximum absolute atomic E-state index is 13.6. The molecule has 0 aliphatic rings. The van der Waals surface area contributed by atoms with Crippen molar-refractivity contribution in [3.05, 3.63) is 60.8 Å². The Hall–Kier alpha value is -2.29. The monoisotopic (exact) mass is 1200 g/mol. The Morgan fingerprint density at radius 1 is 0.417 bits per heavy atom. The number of ether oxygens (including phenoxy) is 1. The van der Waals surface area contributed by atoms with Crippen LogP contribution in [0.4, 0.5) is 0 Å². The lowest BCUT2D eigenvalue weighted by Gasteiger charge is -2.30. The van der Waals surface area contributed by atoms with Crippen molar-refractivity contribution in [2.24, 2.45) is 0 Å². The van der Waals surface area contributed by atoms with E-state index in [-0.39, 0.29) is 31.5 Å². The molecule has 3 unspecified atom stereocenters. The average Bonchev–Trinajstić information content (AvgIpc) is 3.64. The Morgan fingerprint density at radius 2 is 0.726 bits per heavy atom. The number of likely N-dealkylation sites (N-methyl/N-ethyl adjacent to an activating group) is 1. The van der Waals surface area contributed by atoms with Gasteiger partial charge in [0.25, 0.3) is 7.82 Å². The number of unbranched alkanes of at least 4 members (excludes halogenated alkanes) is 42. The Morgan fingerprint density at radius 3 is 1.12 bits per heavy atom. The molecule has 1 N–H and O–H groups in total. The normalized spacial score (nSPS) is 13.8. The molecule has 0 aromatic rings. The van der Waals surface area contributed by atoms with Crippen molar-refractivity contribution in [3.8, 4) is 0 Å². The maximum atomic E-state index is 13.6. The molecule has 10 heteroatoms. The van der Waals surface area contributed by atoms with E-state index in [9.17, 15) is 19.0 Å². The predicted octanol–water partition coefficient (Wildman–Crippen LogP) is 22.3. The highest BCUT2D eigenvalue weighted by molar-refractivity contribution is 7.45. The summed E-state index contributed by atoms with van der Waals surface area (Å²) in [6.07, 6.45) is 82.0. The number of allylic oxidation sites excluding steroid dienone is 9. The Labute approximate surface area is 521 Å². The number of quaternary nitrogens is 1. The Balaban J connectivity index is 5.05. The third-order valence-electron chi connectivity index (χ3n) is 16.2. The summed E-state index contributed by atoms with van der Waals surface area (Å²) < 4.78 is 30.5. The molecule has 1 amide bonds. The lowest BCUT2D eigenvalue weighted by Crippen LogP contribution is -2.47. The molecular formula is C74H139N2O7P. The average molecular weight is 1200 g/mol. The number of amides is 1. The van der Waals surface area contributed by atoms with Crippen molar-refractivity contribution in [2.75, 3.05) is 40.9 Å². The van der Waals surface area contributed by atoms with Crippen LogP contribution in [0.25, 0.3) is 0 Å². The fourth-order valence-electron chi connectivity index (χ4n) is 10.6. The third kappa shape index (κ3) is 64.2. The van der Waals surface area contributed by atoms with E-state index in [4.69, 9.17) is 13.8 Å². The zero-order chi connectivity index (χ0) is 61.4. The summed E-state index contributed by atoms with van der Waals surface area (Å²) in [5.74, 6) is -0.536. The van der Waals surface area contributed by atoms with E-state index in [0.717, 1.165) is 83.5 Å². The number of hydrogen-bond donors (Lipinski definition) is 1. The van der Waals surface area contributed by atoms with Crippen LogP contribution >= 0.6 is 7.82 Å². The van der Waals surface area contributed by atoms with Gasteiger partial charge < -0.3 is 28.5 Å². The number of nitrogens with zero attached hydrogens (tertiary/aromatic N) is 1. The molecule has 0 rings (SSSR count). The van der Waals surface area contributed by atoms with Gasteiger partial charge in [0.1, 0.15) is 19.3 Å². The number of carbonyl (C=O) groups excluding carboxylic acids is 2. The van der Waals surface area contributed by atoms with Crippen LogP contribution in [0.2, 0.25) is 0 Å². The minimum atomic E-state index is -4.71. The lowest BCUT2D eigenvalue weighted by atomic mass is 10.0. The third-order valence-corrected chi connectivity index (χ3v) is 17.1. The molecule has 0 saturated heterocycles. The van der Waals surface area contributed by atoms with E-state index < -0.39 is 20.0 Å². The SMILES string of the molecule is CCCCC/C=C\C/C=C\C/C=C\CCCCCCCCCCC(=O)NC(COP(=O)([O-])OCC[N+](C)(C)C)C(/C=C/CCCCCCCCCCCC)OC(=O)CCCCCCCCCCCCCCCCC/C=C/CCCCCCCC. The molecule has 0 radical (unpaired) electrons. The highest BCUT2D eigenvalue weighted by atomic mass is 31.2. The summed E-state index contributed by atoms with van der Waals surface area (Å²) >= 11 is 0. The van der Waals surface area contributed by atoms with Crippen LogP contribution in [0.3, 0.4) is 0 Å². The molecule has 0 fully saturated rings. The fraction of sp³-hybridized carbons (Fsp3) is 0.838. The second kappa shape index (κ2) is 63.7. The molecule has 0 bridgehead atoms. The minimum absolute atomic E-state index is 0.0238. The van der Waals surface area contributed by atoms with Crippen molar-refractivity contribution >= 4 is 19.7 Å². The highest BCUT2D eigenvalue weighted by Gasteiger charge is 2.27. The molecule has 9 nitrogen and oxygen atoms in total. The number of carbonyl (C=O) groups is 2. The van der Waals surface area contributed by atoms with Gasteiger partial charge in [-0.3, -0.25) is 14.2 Å². The quantitative estimate of drug-likeness (QED) is 0.0212. The fourth-order valence-corrected chi connectivity index (χ4v) is 11.3. The molecule has 0 aliphatic heterocycles. The van der Waals surface area contributed by atoms with Crippen LogP contribution in [0, 0.1) is 0 Å². The number of phosphoric acid groups is 1. The van der Waals surface area contributed by atoms with E-state index in [1.165, 1.54) is 231 Å². The first kappa shape index (κ1) is 81.7. The summed E-state index contributed by atoms with van der Waals surface area (Å²) in [6, 6.07) is -0.893. The molecule has 0 aliphatic carbocycles.